The molecule has 2 heterocycles. The van der Waals surface area contributed by atoms with Gasteiger partial charge in [-0.2, -0.15) is 8.42 Å². The summed E-state index contributed by atoms with van der Waals surface area (Å²) in [5, 5.41) is 1.39. The van der Waals surface area contributed by atoms with E-state index < -0.39 is 15.7 Å². The highest BCUT2D eigenvalue weighted by atomic mass is 32.2. The minimum atomic E-state index is -3.97. The number of thiazole rings is 1. The molecule has 1 N–H and O–H groups in total. The number of benzene rings is 2. The predicted octanol–water partition coefficient (Wildman–Crippen LogP) is 3.78. The topological polar surface area (TPSA) is 101 Å². The van der Waals surface area contributed by atoms with E-state index >= 15 is 0 Å². The number of fused-ring (bicyclic) bond motifs is 2. The molecule has 2 aromatic carbocycles. The summed E-state index contributed by atoms with van der Waals surface area (Å²) in [7, 11) is -2.17. The van der Waals surface area contributed by atoms with Crippen LogP contribution in [0.25, 0.3) is 31.8 Å². The molecule has 0 aliphatic carbocycles. The molecule has 0 bridgehead atoms. The number of nitrogens with zero attached hydrogens (tertiary/aromatic N) is 2. The van der Waals surface area contributed by atoms with E-state index in [0.29, 0.717) is 22.7 Å². The smallest absolute Gasteiger partial charge is 0.346 e. The van der Waals surface area contributed by atoms with Crippen molar-refractivity contribution in [1.82, 2.24) is 4.98 Å². The molecular weight excluding hydrogens is 412 g/mol. The summed E-state index contributed by atoms with van der Waals surface area (Å²) in [5.41, 5.74) is 2.03. The highest BCUT2D eigenvalue weighted by Gasteiger charge is 2.14. The van der Waals surface area contributed by atoms with Crippen LogP contribution in [-0.2, 0) is 10.1 Å². The molecule has 0 spiro atoms. The first-order valence-corrected chi connectivity index (χ1v) is 11.3. The zero-order valence-corrected chi connectivity index (χ0v) is 17.2. The molecule has 150 valence electrons. The maximum Gasteiger partial charge on any atom is 0.346 e. The van der Waals surface area contributed by atoms with Crippen LogP contribution in [0.15, 0.2) is 57.7 Å². The minimum absolute atomic E-state index is 0.286. The van der Waals surface area contributed by atoms with Crippen molar-refractivity contribution in [3.63, 3.8) is 0 Å². The van der Waals surface area contributed by atoms with Crippen molar-refractivity contribution >= 4 is 48.3 Å². The lowest BCUT2D eigenvalue weighted by atomic mass is 10.1. The molecule has 0 radical (unpaired) electrons. The molecule has 29 heavy (non-hydrogen) atoms. The summed E-state index contributed by atoms with van der Waals surface area (Å²) in [6.07, 6.45) is 0.286. The number of hydrogen-bond acceptors (Lipinski definition) is 7. The first-order chi connectivity index (χ1) is 13.8. The van der Waals surface area contributed by atoms with Gasteiger partial charge >= 0.3 is 5.63 Å². The average Bonchev–Trinajstić information content (AvgIpc) is 3.09. The lowest BCUT2D eigenvalue weighted by Gasteiger charge is -2.19. The van der Waals surface area contributed by atoms with Gasteiger partial charge in [-0.15, -0.1) is 11.3 Å². The van der Waals surface area contributed by atoms with E-state index in [9.17, 15) is 13.2 Å². The number of para-hydroxylation sites is 1. The van der Waals surface area contributed by atoms with Gasteiger partial charge in [0.1, 0.15) is 10.6 Å². The highest BCUT2D eigenvalue weighted by molar-refractivity contribution is 7.85. The maximum absolute atomic E-state index is 12.6. The predicted molar refractivity (Wildman–Crippen MR) is 115 cm³/mol. The van der Waals surface area contributed by atoms with Crippen molar-refractivity contribution in [3.8, 4) is 10.6 Å². The van der Waals surface area contributed by atoms with Gasteiger partial charge in [-0.3, -0.25) is 4.55 Å². The largest absolute Gasteiger partial charge is 0.422 e. The second-order valence-corrected chi connectivity index (χ2v) is 9.32. The summed E-state index contributed by atoms with van der Waals surface area (Å²) in [5.74, 6) is -0.300. The van der Waals surface area contributed by atoms with E-state index in [2.05, 4.69) is 4.98 Å². The van der Waals surface area contributed by atoms with Crippen molar-refractivity contribution in [3.05, 3.63) is 59.0 Å². The van der Waals surface area contributed by atoms with Gasteiger partial charge in [0.05, 0.1) is 21.5 Å². The minimum Gasteiger partial charge on any atom is -0.422 e. The lowest BCUT2D eigenvalue weighted by molar-refractivity contribution is 0.481. The van der Waals surface area contributed by atoms with Crippen LogP contribution in [0.3, 0.4) is 0 Å². The van der Waals surface area contributed by atoms with Crippen LogP contribution in [0.1, 0.15) is 6.42 Å². The number of aromatic nitrogens is 1. The fourth-order valence-electron chi connectivity index (χ4n) is 3.09. The second kappa shape index (κ2) is 7.58. The normalized spacial score (nSPS) is 11.9. The van der Waals surface area contributed by atoms with Gasteiger partial charge in [-0.1, -0.05) is 12.1 Å². The standard InChI is InChI=1S/C20H18N2O5S2/c1-22(9-4-10-29(24,25)26)14-8-7-13-11-15(20(23)27-17(13)12-14)19-21-16-5-2-3-6-18(16)28-19/h2-3,5-8,11-12H,4,9-10H2,1H3,(H,24,25,26). The third kappa shape index (κ3) is 4.31. The molecule has 0 fully saturated rings. The van der Waals surface area contributed by atoms with E-state index in [1.54, 1.807) is 19.2 Å². The summed E-state index contributed by atoms with van der Waals surface area (Å²) in [4.78, 5) is 18.9. The summed E-state index contributed by atoms with van der Waals surface area (Å²) >= 11 is 1.44. The van der Waals surface area contributed by atoms with Gasteiger partial charge in [0.15, 0.2) is 0 Å². The molecule has 0 aliphatic heterocycles. The van der Waals surface area contributed by atoms with Crippen LogP contribution < -0.4 is 10.5 Å². The number of hydrogen-bond donors (Lipinski definition) is 1. The maximum atomic E-state index is 12.6. The lowest BCUT2D eigenvalue weighted by Crippen LogP contribution is -2.21. The van der Waals surface area contributed by atoms with Gasteiger partial charge in [0.25, 0.3) is 10.1 Å². The number of rotatable bonds is 6. The Kier molecular flexibility index (Phi) is 5.12. The van der Waals surface area contributed by atoms with Crippen LogP contribution in [-0.4, -0.2) is 37.3 Å². The van der Waals surface area contributed by atoms with Crippen molar-refractivity contribution in [2.75, 3.05) is 24.2 Å². The van der Waals surface area contributed by atoms with Crippen LogP contribution in [0.5, 0.6) is 0 Å². The van der Waals surface area contributed by atoms with E-state index in [-0.39, 0.29) is 12.2 Å². The van der Waals surface area contributed by atoms with Crippen molar-refractivity contribution in [1.29, 1.82) is 0 Å². The molecular formula is C20H18N2O5S2. The molecule has 4 aromatic rings. The van der Waals surface area contributed by atoms with Gasteiger partial charge < -0.3 is 9.32 Å². The molecule has 2 aromatic heterocycles. The number of anilines is 1. The SMILES string of the molecule is CN(CCCS(=O)(=O)O)c1ccc2cc(-c3nc4ccccc4s3)c(=O)oc2c1. The molecule has 0 unspecified atom stereocenters. The van der Waals surface area contributed by atoms with Gasteiger partial charge in [-0.25, -0.2) is 9.78 Å². The Balaban J connectivity index is 1.63. The fraction of sp³-hybridized carbons (Fsp3) is 0.200. The molecule has 0 atom stereocenters. The summed E-state index contributed by atoms with van der Waals surface area (Å²) in [6.45, 7) is 0.430. The first-order valence-electron chi connectivity index (χ1n) is 8.90. The fourth-order valence-corrected chi connectivity index (χ4v) is 4.55. The van der Waals surface area contributed by atoms with E-state index in [1.165, 1.54) is 11.3 Å². The Morgan fingerprint density at radius 1 is 1.17 bits per heavy atom. The molecule has 0 amide bonds. The quantitative estimate of drug-likeness (QED) is 0.367. The third-order valence-corrected chi connectivity index (χ3v) is 6.45. The van der Waals surface area contributed by atoms with E-state index in [4.69, 9.17) is 8.97 Å². The third-order valence-electron chi connectivity index (χ3n) is 4.58. The van der Waals surface area contributed by atoms with Crippen LogP contribution in [0.4, 0.5) is 5.69 Å². The van der Waals surface area contributed by atoms with Gasteiger partial charge in [0, 0.05) is 30.7 Å². The Hall–Kier alpha value is -2.75. The van der Waals surface area contributed by atoms with Crippen molar-refractivity contribution in [2.24, 2.45) is 0 Å². The van der Waals surface area contributed by atoms with E-state index in [1.807, 2.05) is 41.3 Å². The monoisotopic (exact) mass is 430 g/mol. The zero-order chi connectivity index (χ0) is 20.6. The molecule has 0 aliphatic rings. The van der Waals surface area contributed by atoms with E-state index in [0.717, 1.165) is 21.3 Å². The molecule has 0 saturated carbocycles. The molecule has 7 nitrogen and oxygen atoms in total. The first kappa shape index (κ1) is 19.6. The van der Waals surface area contributed by atoms with Crippen molar-refractivity contribution < 1.29 is 17.4 Å². The van der Waals surface area contributed by atoms with Crippen molar-refractivity contribution in [2.45, 2.75) is 6.42 Å². The Morgan fingerprint density at radius 3 is 2.72 bits per heavy atom. The van der Waals surface area contributed by atoms with Gasteiger partial charge in [0.2, 0.25) is 0 Å². The Morgan fingerprint density at radius 2 is 1.97 bits per heavy atom. The molecule has 9 heteroatoms. The van der Waals surface area contributed by atoms with Crippen LogP contribution in [0, 0.1) is 0 Å². The molecule has 4 rings (SSSR count). The van der Waals surface area contributed by atoms with Gasteiger partial charge in [-0.05, 0) is 36.8 Å². The van der Waals surface area contributed by atoms with Crippen LogP contribution >= 0.6 is 11.3 Å². The average molecular weight is 431 g/mol. The van der Waals surface area contributed by atoms with Crippen LogP contribution in [0.2, 0.25) is 0 Å². The Bertz CT molecular complexity index is 1330. The molecule has 0 saturated heterocycles. The highest BCUT2D eigenvalue weighted by Crippen LogP contribution is 2.30. The zero-order valence-electron chi connectivity index (χ0n) is 15.5. The summed E-state index contributed by atoms with van der Waals surface area (Å²) in [6, 6.07) is 14.9. The Labute approximate surface area is 171 Å². The second-order valence-electron chi connectivity index (χ2n) is 6.72. The summed E-state index contributed by atoms with van der Waals surface area (Å²) < 4.78 is 37.1.